The molecule has 4 rings (SSSR count). The fourth-order valence-electron chi connectivity index (χ4n) is 3.29. The Labute approximate surface area is 157 Å². The molecule has 2 heterocycles. The lowest BCUT2D eigenvalue weighted by Gasteiger charge is -2.37. The summed E-state index contributed by atoms with van der Waals surface area (Å²) in [5.74, 6) is 1.99. The number of hydrogen-bond donors (Lipinski definition) is 0. The molecule has 0 spiro atoms. The zero-order valence-corrected chi connectivity index (χ0v) is 15.4. The maximum atomic E-state index is 12.4. The van der Waals surface area contributed by atoms with Gasteiger partial charge in [0, 0.05) is 13.1 Å². The lowest BCUT2D eigenvalue weighted by molar-refractivity contribution is -0.135. The normalized spacial score (nSPS) is 14.1. The third-order valence-corrected chi connectivity index (χ3v) is 4.81. The summed E-state index contributed by atoms with van der Waals surface area (Å²) >= 11 is 0. The highest BCUT2D eigenvalue weighted by molar-refractivity contribution is 5.79. The van der Waals surface area contributed by atoms with Crippen LogP contribution in [-0.2, 0) is 11.2 Å². The van der Waals surface area contributed by atoms with E-state index in [2.05, 4.69) is 10.1 Å². The number of carbonyl (C=O) groups is 1. The Morgan fingerprint density at radius 2 is 2.04 bits per heavy atom. The molecule has 0 unspecified atom stereocenters. The first-order valence-corrected chi connectivity index (χ1v) is 8.94. The van der Waals surface area contributed by atoms with Crippen LogP contribution in [-0.4, -0.2) is 41.1 Å². The van der Waals surface area contributed by atoms with E-state index < -0.39 is 0 Å². The van der Waals surface area contributed by atoms with Gasteiger partial charge in [-0.05, 0) is 24.6 Å². The molecule has 1 amide bonds. The Bertz CT molecular complexity index is 961. The average Bonchev–Trinajstić information content (AvgIpc) is 3.10. The number of aryl methyl sites for hydroxylation is 1. The topological polar surface area (TPSA) is 68.5 Å². The van der Waals surface area contributed by atoms with Gasteiger partial charge in [-0.25, -0.2) is 0 Å². The van der Waals surface area contributed by atoms with Crippen molar-refractivity contribution in [3.8, 4) is 17.1 Å². The van der Waals surface area contributed by atoms with Gasteiger partial charge in [-0.2, -0.15) is 4.98 Å². The molecule has 0 bridgehead atoms. The van der Waals surface area contributed by atoms with Crippen LogP contribution in [0.5, 0.6) is 5.75 Å². The molecule has 0 atom stereocenters. The fourth-order valence-corrected chi connectivity index (χ4v) is 3.29. The molecule has 6 nitrogen and oxygen atoms in total. The van der Waals surface area contributed by atoms with Gasteiger partial charge in [0.15, 0.2) is 0 Å². The Morgan fingerprint density at radius 1 is 1.22 bits per heavy atom. The second-order valence-corrected chi connectivity index (χ2v) is 6.82. The van der Waals surface area contributed by atoms with Crippen molar-refractivity contribution in [1.82, 2.24) is 15.0 Å². The molecular formula is C21H21N3O3. The summed E-state index contributed by atoms with van der Waals surface area (Å²) in [5.41, 5.74) is 3.00. The monoisotopic (exact) mass is 363 g/mol. The van der Waals surface area contributed by atoms with Crippen LogP contribution in [0.1, 0.15) is 22.9 Å². The third-order valence-electron chi connectivity index (χ3n) is 4.81. The number of nitrogens with zero attached hydrogens (tertiary/aromatic N) is 3. The first kappa shape index (κ1) is 17.3. The van der Waals surface area contributed by atoms with Crippen LogP contribution in [0.25, 0.3) is 11.4 Å². The van der Waals surface area contributed by atoms with Crippen molar-refractivity contribution in [2.24, 2.45) is 0 Å². The van der Waals surface area contributed by atoms with Crippen molar-refractivity contribution in [1.29, 1.82) is 0 Å². The quantitative estimate of drug-likeness (QED) is 0.696. The number of rotatable bonds is 5. The number of carbonyl (C=O) groups excluding carboxylic acids is 1. The van der Waals surface area contributed by atoms with Gasteiger partial charge < -0.3 is 14.2 Å². The molecule has 0 radical (unpaired) electrons. The third kappa shape index (κ3) is 3.56. The zero-order chi connectivity index (χ0) is 18.8. The van der Waals surface area contributed by atoms with Gasteiger partial charge in [-0.1, -0.05) is 47.1 Å². The number of likely N-dealkylation sites (tertiary alicyclic amines) is 1. The van der Waals surface area contributed by atoms with Gasteiger partial charge in [-0.3, -0.25) is 4.79 Å². The lowest BCUT2D eigenvalue weighted by Crippen LogP contribution is -2.49. The van der Waals surface area contributed by atoms with Crippen LogP contribution in [0.15, 0.2) is 53.1 Å². The maximum absolute atomic E-state index is 12.4. The van der Waals surface area contributed by atoms with E-state index in [9.17, 15) is 4.79 Å². The summed E-state index contributed by atoms with van der Waals surface area (Å²) in [6, 6.07) is 15.6. The van der Waals surface area contributed by atoms with Crippen LogP contribution in [0.2, 0.25) is 0 Å². The molecule has 0 N–H and O–H groups in total. The Kier molecular flexibility index (Phi) is 4.62. The van der Waals surface area contributed by atoms with Gasteiger partial charge >= 0.3 is 0 Å². The molecular weight excluding hydrogens is 342 g/mol. The predicted molar refractivity (Wildman–Crippen MR) is 100 cm³/mol. The predicted octanol–water partition coefficient (Wildman–Crippen LogP) is 3.22. The molecule has 2 aromatic carbocycles. The summed E-state index contributed by atoms with van der Waals surface area (Å²) in [7, 11) is 1.61. The summed E-state index contributed by atoms with van der Waals surface area (Å²) in [4.78, 5) is 18.8. The lowest BCUT2D eigenvalue weighted by atomic mass is 9.98. The Balaban J connectivity index is 1.39. The van der Waals surface area contributed by atoms with Crippen LogP contribution < -0.4 is 4.74 Å². The van der Waals surface area contributed by atoms with E-state index in [0.717, 1.165) is 16.7 Å². The van der Waals surface area contributed by atoms with Gasteiger partial charge in [0.25, 0.3) is 0 Å². The Hall–Kier alpha value is -3.15. The van der Waals surface area contributed by atoms with Crippen LogP contribution >= 0.6 is 0 Å². The standard InChI is InChI=1S/C21H21N3O3/c1-14-6-5-7-15(10-14)11-19(25)24-12-16(13-24)21-22-20(23-27-21)17-8-3-4-9-18(17)26-2/h3-10,16H,11-13H2,1-2H3. The maximum Gasteiger partial charge on any atom is 0.233 e. The van der Waals surface area contributed by atoms with E-state index in [1.165, 1.54) is 0 Å². The molecule has 1 aliphatic rings. The van der Waals surface area contributed by atoms with Crippen molar-refractivity contribution in [2.45, 2.75) is 19.3 Å². The number of aromatic nitrogens is 2. The van der Waals surface area contributed by atoms with Crippen LogP contribution in [0, 0.1) is 6.92 Å². The molecule has 6 heteroatoms. The second kappa shape index (κ2) is 7.23. The first-order chi connectivity index (χ1) is 13.1. The summed E-state index contributed by atoms with van der Waals surface area (Å²) in [5, 5.41) is 4.08. The van der Waals surface area contributed by atoms with Gasteiger partial charge in [0.1, 0.15) is 5.75 Å². The van der Waals surface area contributed by atoms with Gasteiger partial charge in [-0.15, -0.1) is 0 Å². The van der Waals surface area contributed by atoms with Crippen molar-refractivity contribution < 1.29 is 14.1 Å². The minimum atomic E-state index is 0.0856. The molecule has 0 saturated carbocycles. The largest absolute Gasteiger partial charge is 0.496 e. The highest BCUT2D eigenvalue weighted by atomic mass is 16.5. The van der Waals surface area contributed by atoms with Crippen LogP contribution in [0.4, 0.5) is 0 Å². The summed E-state index contributed by atoms with van der Waals surface area (Å²) < 4.78 is 10.8. The van der Waals surface area contributed by atoms with Crippen molar-refractivity contribution >= 4 is 5.91 Å². The van der Waals surface area contributed by atoms with Crippen LogP contribution in [0.3, 0.4) is 0 Å². The smallest absolute Gasteiger partial charge is 0.233 e. The minimum absolute atomic E-state index is 0.0856. The molecule has 1 aliphatic heterocycles. The highest BCUT2D eigenvalue weighted by Gasteiger charge is 2.35. The summed E-state index contributed by atoms with van der Waals surface area (Å²) in [6.45, 7) is 3.25. The van der Waals surface area contributed by atoms with Crippen molar-refractivity contribution in [2.75, 3.05) is 20.2 Å². The zero-order valence-electron chi connectivity index (χ0n) is 15.4. The second-order valence-electron chi connectivity index (χ2n) is 6.82. The van der Waals surface area contributed by atoms with E-state index in [-0.39, 0.29) is 11.8 Å². The van der Waals surface area contributed by atoms with Gasteiger partial charge in [0.2, 0.25) is 17.6 Å². The average molecular weight is 363 g/mol. The Morgan fingerprint density at radius 3 is 2.81 bits per heavy atom. The van der Waals surface area contributed by atoms with Crippen molar-refractivity contribution in [3.63, 3.8) is 0 Å². The molecule has 1 fully saturated rings. The van der Waals surface area contributed by atoms with Gasteiger partial charge in [0.05, 0.1) is 25.0 Å². The molecule has 3 aromatic rings. The first-order valence-electron chi connectivity index (χ1n) is 8.94. The number of methoxy groups -OCH3 is 1. The molecule has 1 aromatic heterocycles. The van der Waals surface area contributed by atoms with E-state index in [1.807, 2.05) is 60.4 Å². The summed E-state index contributed by atoms with van der Waals surface area (Å²) in [6.07, 6.45) is 0.421. The number of amides is 1. The molecule has 1 saturated heterocycles. The number of hydrogen-bond acceptors (Lipinski definition) is 5. The van der Waals surface area contributed by atoms with E-state index in [4.69, 9.17) is 9.26 Å². The number of benzene rings is 2. The number of para-hydroxylation sites is 1. The van der Waals surface area contributed by atoms with E-state index in [0.29, 0.717) is 37.0 Å². The molecule has 138 valence electrons. The SMILES string of the molecule is COc1ccccc1-c1noc(C2CN(C(=O)Cc3cccc(C)c3)C2)n1. The highest BCUT2D eigenvalue weighted by Crippen LogP contribution is 2.31. The fraction of sp³-hybridized carbons (Fsp3) is 0.286. The molecule has 27 heavy (non-hydrogen) atoms. The number of ether oxygens (including phenoxy) is 1. The van der Waals surface area contributed by atoms with Crippen molar-refractivity contribution in [3.05, 3.63) is 65.5 Å². The van der Waals surface area contributed by atoms with E-state index >= 15 is 0 Å². The van der Waals surface area contributed by atoms with E-state index in [1.54, 1.807) is 7.11 Å². The minimum Gasteiger partial charge on any atom is -0.496 e. The molecule has 0 aliphatic carbocycles.